The molecule has 0 aromatic heterocycles. The third kappa shape index (κ3) is 1.48. The van der Waals surface area contributed by atoms with Crippen LogP contribution in [0.4, 0.5) is 0 Å². The summed E-state index contributed by atoms with van der Waals surface area (Å²) >= 11 is 0. The molecule has 2 aliphatic rings. The molecule has 80 valence electrons. The number of ketones is 1. The number of rotatable bonds is 0. The van der Waals surface area contributed by atoms with E-state index < -0.39 is 0 Å². The van der Waals surface area contributed by atoms with Crippen LogP contribution in [-0.2, 0) is 4.79 Å². The number of nitrogens with zero attached hydrogens (tertiary/aromatic N) is 1. The molecule has 0 aromatic carbocycles. The van der Waals surface area contributed by atoms with E-state index in [1.165, 1.54) is 5.57 Å². The number of fused-ring (bicyclic) bond motifs is 1. The first kappa shape index (κ1) is 10.3. The predicted octanol–water partition coefficient (Wildman–Crippen LogP) is 2.85. The summed E-state index contributed by atoms with van der Waals surface area (Å²) in [7, 11) is 0. The first-order chi connectivity index (χ1) is 7.02. The maximum Gasteiger partial charge on any atom is 0.185 e. The average molecular weight is 203 g/mol. The standard InChI is InChI=1S/C13H17NO/c1-7-5-6-11-10(4)13(15)9(3)8(2)12(11)14-7/h7H,5-6H2,1-4H3. The summed E-state index contributed by atoms with van der Waals surface area (Å²) in [4.78, 5) is 16.6. The minimum Gasteiger partial charge on any atom is -0.289 e. The maximum absolute atomic E-state index is 11.9. The number of hydrogen-bond acceptors (Lipinski definition) is 2. The van der Waals surface area contributed by atoms with Gasteiger partial charge in [-0.2, -0.15) is 0 Å². The van der Waals surface area contributed by atoms with Gasteiger partial charge in [-0.25, -0.2) is 0 Å². The molecular formula is C13H17NO. The molecule has 2 nitrogen and oxygen atoms in total. The van der Waals surface area contributed by atoms with Crippen molar-refractivity contribution in [2.45, 2.75) is 46.6 Å². The molecule has 2 rings (SSSR count). The van der Waals surface area contributed by atoms with Gasteiger partial charge in [0.15, 0.2) is 5.78 Å². The Bertz CT molecular complexity index is 424. The van der Waals surface area contributed by atoms with E-state index in [-0.39, 0.29) is 5.78 Å². The molecule has 1 heterocycles. The molecule has 0 N–H and O–H groups in total. The van der Waals surface area contributed by atoms with Crippen LogP contribution in [0.3, 0.4) is 0 Å². The van der Waals surface area contributed by atoms with Crippen molar-refractivity contribution in [3.8, 4) is 0 Å². The third-order valence-corrected chi connectivity index (χ3v) is 3.50. The van der Waals surface area contributed by atoms with Gasteiger partial charge in [0, 0.05) is 17.2 Å². The first-order valence-corrected chi connectivity index (χ1v) is 5.53. The van der Waals surface area contributed by atoms with Crippen LogP contribution in [0.2, 0.25) is 0 Å². The topological polar surface area (TPSA) is 29.4 Å². The van der Waals surface area contributed by atoms with E-state index in [9.17, 15) is 4.79 Å². The van der Waals surface area contributed by atoms with E-state index in [1.807, 2.05) is 20.8 Å². The van der Waals surface area contributed by atoms with Crippen LogP contribution in [0.1, 0.15) is 40.5 Å². The Labute approximate surface area is 90.8 Å². The zero-order valence-electron chi connectivity index (χ0n) is 9.85. The Balaban J connectivity index is 2.60. The second-order valence-electron chi connectivity index (χ2n) is 4.55. The normalized spacial score (nSPS) is 26.8. The van der Waals surface area contributed by atoms with Crippen LogP contribution in [-0.4, -0.2) is 17.5 Å². The fraction of sp³-hybridized carbons (Fsp3) is 0.538. The summed E-state index contributed by atoms with van der Waals surface area (Å²) in [6, 6.07) is 0.396. The largest absolute Gasteiger partial charge is 0.289 e. The molecule has 1 atom stereocenters. The summed E-state index contributed by atoms with van der Waals surface area (Å²) in [6.07, 6.45) is 2.07. The lowest BCUT2D eigenvalue weighted by Crippen LogP contribution is -2.25. The van der Waals surface area contributed by atoms with E-state index in [2.05, 4.69) is 11.9 Å². The lowest BCUT2D eigenvalue weighted by molar-refractivity contribution is -0.112. The lowest BCUT2D eigenvalue weighted by Gasteiger charge is -2.27. The fourth-order valence-electron chi connectivity index (χ4n) is 2.29. The van der Waals surface area contributed by atoms with Crippen molar-refractivity contribution in [1.82, 2.24) is 0 Å². The van der Waals surface area contributed by atoms with Gasteiger partial charge in [-0.15, -0.1) is 0 Å². The second kappa shape index (κ2) is 3.44. The number of Topliss-reactive ketones (excluding diaryl/α,β-unsaturated/α-hetero) is 1. The molecule has 0 saturated carbocycles. The Morgan fingerprint density at radius 1 is 1.13 bits per heavy atom. The van der Waals surface area contributed by atoms with Crippen molar-refractivity contribution in [3.63, 3.8) is 0 Å². The number of aliphatic imine (C=N–C) groups is 1. The molecule has 15 heavy (non-hydrogen) atoms. The van der Waals surface area contributed by atoms with Gasteiger partial charge in [-0.3, -0.25) is 9.79 Å². The van der Waals surface area contributed by atoms with Gasteiger partial charge in [-0.1, -0.05) is 0 Å². The number of carbonyl (C=O) groups excluding carboxylic acids is 1. The van der Waals surface area contributed by atoms with Gasteiger partial charge in [0.25, 0.3) is 0 Å². The summed E-state index contributed by atoms with van der Waals surface area (Å²) < 4.78 is 0. The SMILES string of the molecule is CC1=C(C)C2=NC(C)CCC2=C(C)C1=O. The molecule has 0 bridgehead atoms. The first-order valence-electron chi connectivity index (χ1n) is 5.53. The fourth-order valence-corrected chi connectivity index (χ4v) is 2.29. The minimum atomic E-state index is 0.205. The molecule has 0 amide bonds. The summed E-state index contributed by atoms with van der Waals surface area (Å²) in [6.45, 7) is 7.98. The highest BCUT2D eigenvalue weighted by Crippen LogP contribution is 2.31. The highest BCUT2D eigenvalue weighted by Gasteiger charge is 2.28. The zero-order chi connectivity index (χ0) is 11.2. The van der Waals surface area contributed by atoms with Gasteiger partial charge in [0.2, 0.25) is 0 Å². The Kier molecular flexibility index (Phi) is 2.37. The van der Waals surface area contributed by atoms with E-state index in [4.69, 9.17) is 0 Å². The highest BCUT2D eigenvalue weighted by molar-refractivity contribution is 6.26. The number of carbonyl (C=O) groups is 1. The minimum absolute atomic E-state index is 0.205. The predicted molar refractivity (Wildman–Crippen MR) is 62.2 cm³/mol. The molecule has 1 unspecified atom stereocenters. The second-order valence-corrected chi connectivity index (χ2v) is 4.55. The van der Waals surface area contributed by atoms with Crippen molar-refractivity contribution >= 4 is 11.5 Å². The Morgan fingerprint density at radius 3 is 2.47 bits per heavy atom. The van der Waals surface area contributed by atoms with Gasteiger partial charge in [0.1, 0.15) is 0 Å². The van der Waals surface area contributed by atoms with Crippen molar-refractivity contribution in [1.29, 1.82) is 0 Å². The molecule has 0 radical (unpaired) electrons. The molecule has 0 spiro atoms. The van der Waals surface area contributed by atoms with Crippen LogP contribution < -0.4 is 0 Å². The van der Waals surface area contributed by atoms with Crippen LogP contribution in [0, 0.1) is 0 Å². The van der Waals surface area contributed by atoms with Crippen molar-refractivity contribution in [2.75, 3.05) is 0 Å². The Hall–Kier alpha value is -1.18. The smallest absolute Gasteiger partial charge is 0.185 e. The lowest BCUT2D eigenvalue weighted by atomic mass is 9.81. The molecule has 2 heteroatoms. The van der Waals surface area contributed by atoms with Crippen molar-refractivity contribution in [3.05, 3.63) is 22.3 Å². The maximum atomic E-state index is 11.9. The monoisotopic (exact) mass is 203 g/mol. The molecule has 0 fully saturated rings. The van der Waals surface area contributed by atoms with E-state index in [0.717, 1.165) is 35.3 Å². The van der Waals surface area contributed by atoms with Gasteiger partial charge < -0.3 is 0 Å². The van der Waals surface area contributed by atoms with Gasteiger partial charge in [-0.05, 0) is 51.7 Å². The number of allylic oxidation sites excluding steroid dienone is 4. The summed E-state index contributed by atoms with van der Waals surface area (Å²) in [5, 5.41) is 0. The van der Waals surface area contributed by atoms with Crippen LogP contribution in [0.25, 0.3) is 0 Å². The zero-order valence-corrected chi connectivity index (χ0v) is 9.85. The van der Waals surface area contributed by atoms with Gasteiger partial charge >= 0.3 is 0 Å². The van der Waals surface area contributed by atoms with E-state index in [0.29, 0.717) is 6.04 Å². The molecular weight excluding hydrogens is 186 g/mol. The van der Waals surface area contributed by atoms with Crippen molar-refractivity contribution in [2.24, 2.45) is 4.99 Å². The summed E-state index contributed by atoms with van der Waals surface area (Å²) in [5.41, 5.74) is 5.12. The molecule has 1 aliphatic heterocycles. The highest BCUT2D eigenvalue weighted by atomic mass is 16.1. The van der Waals surface area contributed by atoms with Crippen LogP contribution in [0.5, 0.6) is 0 Å². The Morgan fingerprint density at radius 2 is 1.80 bits per heavy atom. The molecule has 0 saturated heterocycles. The van der Waals surface area contributed by atoms with Crippen molar-refractivity contribution < 1.29 is 4.79 Å². The van der Waals surface area contributed by atoms with Crippen LogP contribution in [0.15, 0.2) is 27.3 Å². The average Bonchev–Trinajstić information content (AvgIpc) is 2.23. The molecule has 1 aliphatic carbocycles. The quantitative estimate of drug-likeness (QED) is 0.557. The molecule has 0 aromatic rings. The van der Waals surface area contributed by atoms with Crippen LogP contribution >= 0.6 is 0 Å². The van der Waals surface area contributed by atoms with E-state index in [1.54, 1.807) is 0 Å². The third-order valence-electron chi connectivity index (χ3n) is 3.50. The van der Waals surface area contributed by atoms with Gasteiger partial charge in [0.05, 0.1) is 5.71 Å². The van der Waals surface area contributed by atoms with E-state index >= 15 is 0 Å². The number of hydrogen-bond donors (Lipinski definition) is 0. The summed E-state index contributed by atoms with van der Waals surface area (Å²) in [5.74, 6) is 0.205.